The lowest BCUT2D eigenvalue weighted by atomic mass is 10.3. The van der Waals surface area contributed by atoms with Gasteiger partial charge in [0, 0.05) is 23.7 Å². The lowest BCUT2D eigenvalue weighted by Gasteiger charge is -2.08. The smallest absolute Gasteiger partial charge is 0.234 e. The second kappa shape index (κ2) is 5.94. The Labute approximate surface area is 149 Å². The fourth-order valence-electron chi connectivity index (χ4n) is 2.98. The number of benzene rings is 1. The second-order valence-corrected chi connectivity index (χ2v) is 7.56. The number of ether oxygens (including phenoxy) is 2. The number of hydrogen-bond donors (Lipinski definition) is 1. The number of thioether (sulfide) groups is 1. The largest absolute Gasteiger partial charge is 0.454 e. The summed E-state index contributed by atoms with van der Waals surface area (Å²) in [7, 11) is 0. The fraction of sp³-hybridized carbons (Fsp3) is 0.471. The van der Waals surface area contributed by atoms with Crippen LogP contribution in [0.3, 0.4) is 0 Å². The number of fused-ring (bicyclic) bond motifs is 1. The molecule has 1 N–H and O–H groups in total. The highest BCUT2D eigenvalue weighted by molar-refractivity contribution is 7.99. The van der Waals surface area contributed by atoms with Crippen molar-refractivity contribution in [2.24, 2.45) is 0 Å². The van der Waals surface area contributed by atoms with Crippen molar-refractivity contribution >= 4 is 23.4 Å². The highest BCUT2D eigenvalue weighted by Crippen LogP contribution is 2.46. The van der Waals surface area contributed by atoms with Gasteiger partial charge in [0.25, 0.3) is 0 Å². The highest BCUT2D eigenvalue weighted by atomic mass is 32.2. The average Bonchev–Trinajstić information content (AvgIpc) is 3.54. The van der Waals surface area contributed by atoms with Crippen LogP contribution >= 0.6 is 11.8 Å². The number of amides is 1. The van der Waals surface area contributed by atoms with Crippen molar-refractivity contribution in [1.82, 2.24) is 14.8 Å². The first-order valence-corrected chi connectivity index (χ1v) is 9.53. The van der Waals surface area contributed by atoms with Gasteiger partial charge in [-0.15, -0.1) is 10.2 Å². The van der Waals surface area contributed by atoms with Crippen LogP contribution in [0, 0.1) is 0 Å². The first-order valence-electron chi connectivity index (χ1n) is 8.55. The molecule has 7 nitrogen and oxygen atoms in total. The minimum Gasteiger partial charge on any atom is -0.454 e. The molecule has 0 unspecified atom stereocenters. The van der Waals surface area contributed by atoms with E-state index in [2.05, 4.69) is 20.1 Å². The van der Waals surface area contributed by atoms with Crippen LogP contribution in [0.2, 0.25) is 0 Å². The lowest BCUT2D eigenvalue weighted by Crippen LogP contribution is -2.14. The van der Waals surface area contributed by atoms with E-state index in [1.165, 1.54) is 37.4 Å². The molecule has 5 rings (SSSR count). The summed E-state index contributed by atoms with van der Waals surface area (Å²) in [5.74, 6) is 3.29. The molecule has 130 valence electrons. The summed E-state index contributed by atoms with van der Waals surface area (Å²) in [6.45, 7) is 0.225. The summed E-state index contributed by atoms with van der Waals surface area (Å²) in [4.78, 5) is 12.3. The first-order chi connectivity index (χ1) is 12.3. The standard InChI is InChI=1S/C17H18N4O3S/c22-15(18-11-3-6-13-14(7-11)24-9-23-13)8-25-17-20-19-16(10-1-2-10)21(17)12-4-5-12/h3,6-7,10,12H,1-2,4-5,8-9H2,(H,18,22). The number of carbonyl (C=O) groups excluding carboxylic acids is 1. The van der Waals surface area contributed by atoms with E-state index < -0.39 is 0 Å². The Morgan fingerprint density at radius 2 is 2.04 bits per heavy atom. The number of aromatic nitrogens is 3. The van der Waals surface area contributed by atoms with Crippen molar-refractivity contribution in [3.05, 3.63) is 24.0 Å². The van der Waals surface area contributed by atoms with E-state index in [-0.39, 0.29) is 12.7 Å². The van der Waals surface area contributed by atoms with Crippen molar-refractivity contribution in [2.75, 3.05) is 17.9 Å². The molecule has 2 fully saturated rings. The van der Waals surface area contributed by atoms with E-state index in [1.54, 1.807) is 12.1 Å². The SMILES string of the molecule is O=C(CSc1nnc(C2CC2)n1C1CC1)Nc1ccc2c(c1)OCO2. The summed E-state index contributed by atoms with van der Waals surface area (Å²) in [6, 6.07) is 5.93. The highest BCUT2D eigenvalue weighted by Gasteiger charge is 2.36. The van der Waals surface area contributed by atoms with Crippen LogP contribution in [0.4, 0.5) is 5.69 Å². The van der Waals surface area contributed by atoms with Gasteiger partial charge in [-0.1, -0.05) is 11.8 Å². The van der Waals surface area contributed by atoms with Crippen LogP contribution in [0.15, 0.2) is 23.4 Å². The maximum Gasteiger partial charge on any atom is 0.234 e. The maximum absolute atomic E-state index is 12.3. The van der Waals surface area contributed by atoms with E-state index in [4.69, 9.17) is 9.47 Å². The minimum absolute atomic E-state index is 0.0674. The molecule has 2 heterocycles. The average molecular weight is 358 g/mol. The van der Waals surface area contributed by atoms with Crippen LogP contribution in [0.5, 0.6) is 11.5 Å². The predicted molar refractivity (Wildman–Crippen MR) is 92.2 cm³/mol. The Morgan fingerprint density at radius 1 is 1.20 bits per heavy atom. The lowest BCUT2D eigenvalue weighted by molar-refractivity contribution is -0.113. The van der Waals surface area contributed by atoms with Crippen molar-refractivity contribution in [3.63, 3.8) is 0 Å². The Balaban J connectivity index is 1.23. The van der Waals surface area contributed by atoms with Crippen LogP contribution in [0.1, 0.15) is 43.5 Å². The van der Waals surface area contributed by atoms with Crippen molar-refractivity contribution in [3.8, 4) is 11.5 Å². The fourth-order valence-corrected chi connectivity index (χ4v) is 3.80. The van der Waals surface area contributed by atoms with Crippen LogP contribution in [-0.2, 0) is 4.79 Å². The number of nitrogens with one attached hydrogen (secondary N) is 1. The molecule has 8 heteroatoms. The molecule has 0 bridgehead atoms. The molecule has 2 aliphatic carbocycles. The Morgan fingerprint density at radius 3 is 2.84 bits per heavy atom. The van der Waals surface area contributed by atoms with Gasteiger partial charge in [0.1, 0.15) is 5.82 Å². The molecule has 1 aromatic heterocycles. The van der Waals surface area contributed by atoms with Gasteiger partial charge in [-0.3, -0.25) is 4.79 Å². The van der Waals surface area contributed by atoms with Gasteiger partial charge in [-0.2, -0.15) is 0 Å². The zero-order valence-electron chi connectivity index (χ0n) is 13.6. The van der Waals surface area contributed by atoms with E-state index in [0.29, 0.717) is 34.9 Å². The topological polar surface area (TPSA) is 78.3 Å². The van der Waals surface area contributed by atoms with Gasteiger partial charge < -0.3 is 19.4 Å². The summed E-state index contributed by atoms with van der Waals surface area (Å²) in [6.07, 6.45) is 4.80. The summed E-state index contributed by atoms with van der Waals surface area (Å²) < 4.78 is 12.9. The third-order valence-electron chi connectivity index (χ3n) is 4.53. The molecule has 1 aliphatic heterocycles. The van der Waals surface area contributed by atoms with E-state index in [1.807, 2.05) is 6.07 Å². The molecule has 0 saturated heterocycles. The Kier molecular flexibility index (Phi) is 3.58. The molecule has 25 heavy (non-hydrogen) atoms. The monoisotopic (exact) mass is 358 g/mol. The van der Waals surface area contributed by atoms with Gasteiger partial charge in [0.05, 0.1) is 5.75 Å². The molecule has 0 spiro atoms. The molecular weight excluding hydrogens is 340 g/mol. The van der Waals surface area contributed by atoms with E-state index >= 15 is 0 Å². The molecule has 1 aromatic carbocycles. The number of anilines is 1. The van der Waals surface area contributed by atoms with Crippen molar-refractivity contribution < 1.29 is 14.3 Å². The second-order valence-electron chi connectivity index (χ2n) is 6.62. The molecule has 0 radical (unpaired) electrons. The zero-order valence-corrected chi connectivity index (χ0v) is 14.4. The van der Waals surface area contributed by atoms with Crippen LogP contribution < -0.4 is 14.8 Å². The maximum atomic E-state index is 12.3. The zero-order chi connectivity index (χ0) is 16.8. The van der Waals surface area contributed by atoms with Gasteiger partial charge >= 0.3 is 0 Å². The van der Waals surface area contributed by atoms with Gasteiger partial charge in [-0.25, -0.2) is 0 Å². The van der Waals surface area contributed by atoms with Crippen molar-refractivity contribution in [2.45, 2.75) is 42.8 Å². The number of carbonyl (C=O) groups is 1. The van der Waals surface area contributed by atoms with Crippen LogP contribution in [0.25, 0.3) is 0 Å². The molecule has 3 aliphatic rings. The minimum atomic E-state index is -0.0674. The normalized spacial score (nSPS) is 18.4. The first kappa shape index (κ1) is 15.1. The third kappa shape index (κ3) is 3.06. The van der Waals surface area contributed by atoms with Crippen molar-refractivity contribution in [1.29, 1.82) is 0 Å². The van der Waals surface area contributed by atoms with Gasteiger partial charge in [-0.05, 0) is 37.8 Å². The molecular formula is C17H18N4O3S. The quantitative estimate of drug-likeness (QED) is 0.800. The van der Waals surface area contributed by atoms with E-state index in [0.717, 1.165) is 11.0 Å². The molecule has 0 atom stereocenters. The molecule has 2 saturated carbocycles. The Hall–Kier alpha value is -2.22. The van der Waals surface area contributed by atoms with Gasteiger partial charge in [0.2, 0.25) is 12.7 Å². The summed E-state index contributed by atoms with van der Waals surface area (Å²) in [5, 5.41) is 12.5. The number of nitrogens with zero attached hydrogens (tertiary/aromatic N) is 3. The Bertz CT molecular complexity index is 829. The predicted octanol–water partition coefficient (Wildman–Crippen LogP) is 2.95. The summed E-state index contributed by atoms with van der Waals surface area (Å²) >= 11 is 1.46. The van der Waals surface area contributed by atoms with Gasteiger partial charge in [0.15, 0.2) is 16.7 Å². The molecule has 1 amide bonds. The summed E-state index contributed by atoms with van der Waals surface area (Å²) in [5.41, 5.74) is 0.706. The number of hydrogen-bond acceptors (Lipinski definition) is 6. The van der Waals surface area contributed by atoms with Crippen LogP contribution in [-0.4, -0.2) is 33.2 Å². The van der Waals surface area contributed by atoms with E-state index in [9.17, 15) is 4.79 Å². The third-order valence-corrected chi connectivity index (χ3v) is 5.48. The molecule has 2 aromatic rings. The number of rotatable bonds is 6.